The number of carbonyl (C=O) groups is 1. The van der Waals surface area contributed by atoms with Gasteiger partial charge in [-0.15, -0.1) is 0 Å². The summed E-state index contributed by atoms with van der Waals surface area (Å²) in [6.45, 7) is 4.24. The van der Waals surface area contributed by atoms with Gasteiger partial charge < -0.3 is 15.4 Å². The normalized spacial score (nSPS) is 31.2. The molecular formula is C12H23N3O2. The molecule has 0 bridgehead atoms. The molecule has 2 saturated heterocycles. The number of nitrogens with one attached hydrogen (secondary N) is 2. The monoisotopic (exact) mass is 241 g/mol. The molecule has 2 N–H and O–H groups in total. The van der Waals surface area contributed by atoms with Crippen molar-refractivity contribution in [3.05, 3.63) is 0 Å². The van der Waals surface area contributed by atoms with Crippen molar-refractivity contribution in [3.63, 3.8) is 0 Å². The predicted molar refractivity (Wildman–Crippen MR) is 65.9 cm³/mol. The minimum absolute atomic E-state index is 0.0494. The Morgan fingerprint density at radius 3 is 3.12 bits per heavy atom. The summed E-state index contributed by atoms with van der Waals surface area (Å²) in [6.07, 6.45) is 3.63. The number of amides is 1. The Kier molecular flexibility index (Phi) is 4.76. The van der Waals surface area contributed by atoms with E-state index in [1.54, 1.807) is 0 Å². The Balaban J connectivity index is 1.95. The molecule has 2 aliphatic heterocycles. The van der Waals surface area contributed by atoms with Crippen LogP contribution in [0.5, 0.6) is 0 Å². The lowest BCUT2D eigenvalue weighted by molar-refractivity contribution is -0.125. The molecule has 0 spiro atoms. The second kappa shape index (κ2) is 6.33. The van der Waals surface area contributed by atoms with Crippen molar-refractivity contribution in [2.45, 2.75) is 31.4 Å². The summed E-state index contributed by atoms with van der Waals surface area (Å²) in [7, 11) is 1.89. The molecule has 0 aromatic heterocycles. The van der Waals surface area contributed by atoms with E-state index in [0.717, 1.165) is 45.5 Å². The van der Waals surface area contributed by atoms with Crippen LogP contribution in [0.25, 0.3) is 0 Å². The zero-order valence-electron chi connectivity index (χ0n) is 10.6. The van der Waals surface area contributed by atoms with Crippen LogP contribution in [0.3, 0.4) is 0 Å². The molecule has 2 unspecified atom stereocenters. The summed E-state index contributed by atoms with van der Waals surface area (Å²) in [5.74, 6) is 0.148. The van der Waals surface area contributed by atoms with E-state index in [9.17, 15) is 4.79 Å². The molecule has 2 fully saturated rings. The second-order valence-corrected chi connectivity index (χ2v) is 4.85. The standard InChI is InChI=1S/C12H23N3O2/c1-13-8-11-12(16)14-5-3-6-15(11)9-10-4-2-7-17-10/h10-11,13H,2-9H2,1H3,(H,14,16). The maximum atomic E-state index is 12.0. The number of nitrogens with zero attached hydrogens (tertiary/aromatic N) is 1. The van der Waals surface area contributed by atoms with Gasteiger partial charge in [-0.25, -0.2) is 0 Å². The highest BCUT2D eigenvalue weighted by Crippen LogP contribution is 2.15. The highest BCUT2D eigenvalue weighted by Gasteiger charge is 2.30. The van der Waals surface area contributed by atoms with Crippen molar-refractivity contribution in [2.24, 2.45) is 0 Å². The first kappa shape index (κ1) is 12.8. The summed E-state index contributed by atoms with van der Waals surface area (Å²) in [5.41, 5.74) is 0. The third-order valence-electron chi connectivity index (χ3n) is 3.52. The number of likely N-dealkylation sites (N-methyl/N-ethyl adjacent to an activating group) is 1. The highest BCUT2D eigenvalue weighted by molar-refractivity contribution is 5.82. The first-order valence-electron chi connectivity index (χ1n) is 6.59. The average molecular weight is 241 g/mol. The van der Waals surface area contributed by atoms with Gasteiger partial charge in [-0.05, 0) is 26.3 Å². The molecule has 5 nitrogen and oxygen atoms in total. The van der Waals surface area contributed by atoms with Crippen LogP contribution in [-0.2, 0) is 9.53 Å². The van der Waals surface area contributed by atoms with Gasteiger partial charge in [-0.3, -0.25) is 9.69 Å². The molecule has 0 radical (unpaired) electrons. The van der Waals surface area contributed by atoms with Gasteiger partial charge in [0.2, 0.25) is 5.91 Å². The van der Waals surface area contributed by atoms with E-state index in [4.69, 9.17) is 4.74 Å². The topological polar surface area (TPSA) is 53.6 Å². The van der Waals surface area contributed by atoms with Gasteiger partial charge in [0.25, 0.3) is 0 Å². The number of hydrogen-bond acceptors (Lipinski definition) is 4. The van der Waals surface area contributed by atoms with Crippen molar-refractivity contribution < 1.29 is 9.53 Å². The van der Waals surface area contributed by atoms with Gasteiger partial charge in [0.05, 0.1) is 6.10 Å². The molecule has 0 aromatic carbocycles. The van der Waals surface area contributed by atoms with Crippen molar-refractivity contribution in [1.82, 2.24) is 15.5 Å². The quantitative estimate of drug-likeness (QED) is 0.701. The molecule has 0 aromatic rings. The Morgan fingerprint density at radius 1 is 1.53 bits per heavy atom. The molecule has 1 amide bonds. The van der Waals surface area contributed by atoms with Crippen LogP contribution >= 0.6 is 0 Å². The summed E-state index contributed by atoms with van der Waals surface area (Å²) in [6, 6.07) is -0.0494. The molecule has 2 aliphatic rings. The van der Waals surface area contributed by atoms with E-state index in [1.807, 2.05) is 7.05 Å². The summed E-state index contributed by atoms with van der Waals surface area (Å²) >= 11 is 0. The summed E-state index contributed by atoms with van der Waals surface area (Å²) in [5, 5.41) is 6.08. The molecule has 2 atom stereocenters. The number of hydrogen-bond donors (Lipinski definition) is 2. The largest absolute Gasteiger partial charge is 0.377 e. The molecule has 0 aliphatic carbocycles. The van der Waals surface area contributed by atoms with Gasteiger partial charge in [0.1, 0.15) is 6.04 Å². The van der Waals surface area contributed by atoms with Crippen LogP contribution in [-0.4, -0.2) is 62.8 Å². The lowest BCUT2D eigenvalue weighted by atomic mass is 10.1. The zero-order chi connectivity index (χ0) is 12.1. The zero-order valence-corrected chi connectivity index (χ0v) is 10.6. The number of carbonyl (C=O) groups excluding carboxylic acids is 1. The first-order chi connectivity index (χ1) is 8.31. The second-order valence-electron chi connectivity index (χ2n) is 4.85. The van der Waals surface area contributed by atoms with Crippen LogP contribution in [0.15, 0.2) is 0 Å². The van der Waals surface area contributed by atoms with Crippen molar-refractivity contribution >= 4 is 5.91 Å². The fourth-order valence-corrected chi connectivity index (χ4v) is 2.62. The summed E-state index contributed by atoms with van der Waals surface area (Å²) in [4.78, 5) is 14.2. The minimum atomic E-state index is -0.0494. The molecule has 0 saturated carbocycles. The van der Waals surface area contributed by atoms with E-state index in [0.29, 0.717) is 12.6 Å². The number of rotatable bonds is 4. The molecule has 17 heavy (non-hydrogen) atoms. The van der Waals surface area contributed by atoms with E-state index in [-0.39, 0.29) is 11.9 Å². The van der Waals surface area contributed by atoms with Crippen LogP contribution < -0.4 is 10.6 Å². The first-order valence-corrected chi connectivity index (χ1v) is 6.59. The molecule has 2 heterocycles. The Hall–Kier alpha value is -0.650. The highest BCUT2D eigenvalue weighted by atomic mass is 16.5. The average Bonchev–Trinajstić information content (AvgIpc) is 2.76. The van der Waals surface area contributed by atoms with Gasteiger partial charge in [-0.2, -0.15) is 0 Å². The molecule has 2 rings (SSSR count). The van der Waals surface area contributed by atoms with Crippen molar-refractivity contribution in [2.75, 3.05) is 39.8 Å². The van der Waals surface area contributed by atoms with Gasteiger partial charge >= 0.3 is 0 Å². The van der Waals surface area contributed by atoms with Gasteiger partial charge in [0.15, 0.2) is 0 Å². The lowest BCUT2D eigenvalue weighted by Crippen LogP contribution is -2.51. The van der Waals surface area contributed by atoms with Crippen LogP contribution in [0.1, 0.15) is 19.3 Å². The molecular weight excluding hydrogens is 218 g/mol. The summed E-state index contributed by atoms with van der Waals surface area (Å²) < 4.78 is 5.66. The maximum Gasteiger partial charge on any atom is 0.238 e. The Labute approximate surface area is 103 Å². The minimum Gasteiger partial charge on any atom is -0.377 e. The Bertz CT molecular complexity index is 254. The van der Waals surface area contributed by atoms with Crippen LogP contribution in [0.2, 0.25) is 0 Å². The smallest absolute Gasteiger partial charge is 0.238 e. The Morgan fingerprint density at radius 2 is 2.41 bits per heavy atom. The lowest BCUT2D eigenvalue weighted by Gasteiger charge is -2.30. The van der Waals surface area contributed by atoms with Crippen molar-refractivity contribution in [1.29, 1.82) is 0 Å². The third-order valence-corrected chi connectivity index (χ3v) is 3.52. The fourth-order valence-electron chi connectivity index (χ4n) is 2.62. The molecule has 98 valence electrons. The van der Waals surface area contributed by atoms with E-state index in [1.165, 1.54) is 0 Å². The predicted octanol–water partition coefficient (Wildman–Crippen LogP) is -0.425. The van der Waals surface area contributed by atoms with Crippen molar-refractivity contribution in [3.8, 4) is 0 Å². The number of ether oxygens (including phenoxy) is 1. The SMILES string of the molecule is CNCC1C(=O)NCCCN1CC1CCCO1. The van der Waals surface area contributed by atoms with E-state index >= 15 is 0 Å². The van der Waals surface area contributed by atoms with Crippen LogP contribution in [0, 0.1) is 0 Å². The van der Waals surface area contributed by atoms with Gasteiger partial charge in [-0.1, -0.05) is 0 Å². The fraction of sp³-hybridized carbons (Fsp3) is 0.917. The maximum absolute atomic E-state index is 12.0. The third kappa shape index (κ3) is 3.40. The molecule has 5 heteroatoms. The van der Waals surface area contributed by atoms with E-state index in [2.05, 4.69) is 15.5 Å². The van der Waals surface area contributed by atoms with Gasteiger partial charge in [0, 0.05) is 32.8 Å². The van der Waals surface area contributed by atoms with Crippen LogP contribution in [0.4, 0.5) is 0 Å². The van der Waals surface area contributed by atoms with E-state index < -0.39 is 0 Å².